The van der Waals surface area contributed by atoms with E-state index in [0.717, 1.165) is 110 Å². The predicted octanol–water partition coefficient (Wildman–Crippen LogP) is 12.9. The molecule has 0 aromatic heterocycles. The van der Waals surface area contributed by atoms with Crippen LogP contribution >= 0.6 is 0 Å². The first-order valence-corrected chi connectivity index (χ1v) is 35.7. The van der Waals surface area contributed by atoms with Gasteiger partial charge in [-0.1, -0.05) is 111 Å². The fraction of sp³-hybridized carbons (Fsp3) is 0.692. The maximum Gasteiger partial charge on any atom is 0.320 e. The van der Waals surface area contributed by atoms with Gasteiger partial charge < -0.3 is 28.4 Å². The minimum Gasteiger partial charge on any atom is -0.459 e. The lowest BCUT2D eigenvalue weighted by Crippen LogP contribution is -2.55. The Bertz CT molecular complexity index is 2500. The first-order chi connectivity index (χ1) is 44.7. The highest BCUT2D eigenvalue weighted by atomic mass is 16.6. The molecule has 7 aliphatic rings. The van der Waals surface area contributed by atoms with Crippen molar-refractivity contribution in [1.82, 2.24) is 29.4 Å². The van der Waals surface area contributed by atoms with Crippen molar-refractivity contribution in [1.29, 1.82) is 0 Å². The Hall–Kier alpha value is -5.76. The highest BCUT2D eigenvalue weighted by molar-refractivity contribution is 5.74. The van der Waals surface area contributed by atoms with E-state index in [2.05, 4.69) is 102 Å². The number of benzene rings is 3. The molecule has 18 heteroatoms. The summed E-state index contributed by atoms with van der Waals surface area (Å²) in [5.74, 6) is -1.98. The first kappa shape index (κ1) is 77.6. The van der Waals surface area contributed by atoms with E-state index >= 15 is 0 Å². The van der Waals surface area contributed by atoms with Gasteiger partial charge in [0.05, 0.1) is 39.3 Å². The Morgan fingerprint density at radius 1 is 0.250 bits per heavy atom. The minimum absolute atomic E-state index is 0.0340. The molecule has 3 aromatic rings. The van der Waals surface area contributed by atoms with Crippen LogP contribution in [-0.2, 0) is 96.5 Å². The summed E-state index contributed by atoms with van der Waals surface area (Å²) >= 11 is 0. The second-order valence-electron chi connectivity index (χ2n) is 33.7. The smallest absolute Gasteiger partial charge is 0.320 e. The molecular weight excluding hydrogens is 1210 g/mol. The molecule has 6 atom stereocenters. The number of ether oxygens (including phenoxy) is 6. The van der Waals surface area contributed by atoms with Crippen LogP contribution in [0.2, 0.25) is 0 Å². The van der Waals surface area contributed by atoms with Gasteiger partial charge in [-0.15, -0.1) is 0 Å². The van der Waals surface area contributed by atoms with E-state index < -0.39 is 33.6 Å². The summed E-state index contributed by atoms with van der Waals surface area (Å²) < 4.78 is 36.4. The molecule has 96 heavy (non-hydrogen) atoms. The molecule has 3 aliphatic carbocycles. The maximum absolute atomic E-state index is 14.2. The van der Waals surface area contributed by atoms with Crippen LogP contribution in [0.5, 0.6) is 0 Å². The summed E-state index contributed by atoms with van der Waals surface area (Å²) in [6, 6.07) is 24.6. The molecule has 6 bridgehead atoms. The predicted molar refractivity (Wildman–Crippen MR) is 375 cm³/mol. The average Bonchev–Trinajstić information content (AvgIpc) is 0.825. The van der Waals surface area contributed by atoms with Crippen LogP contribution in [0.3, 0.4) is 0 Å². The van der Waals surface area contributed by atoms with Gasteiger partial charge in [0, 0.05) is 75.5 Å². The van der Waals surface area contributed by atoms with Crippen LogP contribution in [0.25, 0.3) is 0 Å². The largest absolute Gasteiger partial charge is 0.459 e. The lowest BCUT2D eigenvalue weighted by atomic mass is 9.86. The van der Waals surface area contributed by atoms with Crippen molar-refractivity contribution in [3.8, 4) is 0 Å². The van der Waals surface area contributed by atoms with Gasteiger partial charge in [-0.2, -0.15) is 0 Å². The van der Waals surface area contributed by atoms with Crippen LogP contribution in [0.15, 0.2) is 72.8 Å². The number of rotatable bonds is 12. The Kier molecular flexibility index (Phi) is 27.0. The monoisotopic (exact) mass is 1330 g/mol. The number of hydrogen-bond acceptors (Lipinski definition) is 18. The van der Waals surface area contributed by atoms with E-state index in [0.29, 0.717) is 39.3 Å². The fourth-order valence-electron chi connectivity index (χ4n) is 14.5. The molecule has 0 radical (unpaired) electrons. The van der Waals surface area contributed by atoms with Crippen LogP contribution in [0.4, 0.5) is 0 Å². The maximum atomic E-state index is 14.2. The molecule has 0 spiro atoms. The molecule has 534 valence electrons. The van der Waals surface area contributed by atoms with Gasteiger partial charge in [0.2, 0.25) is 0 Å². The van der Waals surface area contributed by atoms with Crippen LogP contribution in [0, 0.1) is 0 Å². The molecule has 3 saturated carbocycles. The minimum atomic E-state index is -0.715. The molecule has 18 nitrogen and oxygen atoms in total. The van der Waals surface area contributed by atoms with Crippen molar-refractivity contribution >= 4 is 35.8 Å². The standard InChI is InChI=1S/C78H120N6O12/c1-73(2,3)91-67(85)49-79-43-55-31-33-56(34-32-55)45-81(51-69(87)93-75(7,8)9)63-27-21-22-28-64(63)83(53-71(89)95-77(13,14)15)47-59-39-41-60(42-40-59)48-84(54-72(90)96-78(16,17)18)66-30-24-23-29-65(66)82(52-70(88)94-76(10,11)12)46-58-37-35-57(36-38-58)44-80(50-68(86)92-74(4,5)6)62-26-20-19-25-61(62)79/h31-42,61-66H,19-30,43-54H2,1-18H3/t61-,62-,63-,64-,65-,66-/m1/s1. The van der Waals surface area contributed by atoms with Crippen molar-refractivity contribution in [2.45, 2.75) is 311 Å². The Morgan fingerprint density at radius 2 is 0.365 bits per heavy atom. The summed E-state index contributed by atoms with van der Waals surface area (Å²) in [4.78, 5) is 98.7. The van der Waals surface area contributed by atoms with Gasteiger partial charge in [0.1, 0.15) is 33.6 Å². The summed E-state index contributed by atoms with van der Waals surface area (Å²) in [5, 5.41) is 0. The van der Waals surface area contributed by atoms with Crippen molar-refractivity contribution in [3.63, 3.8) is 0 Å². The molecule has 0 N–H and O–H groups in total. The van der Waals surface area contributed by atoms with Gasteiger partial charge in [0.25, 0.3) is 0 Å². The zero-order valence-corrected chi connectivity index (χ0v) is 61.9. The first-order valence-electron chi connectivity index (χ1n) is 35.7. The van der Waals surface area contributed by atoms with Crippen LogP contribution in [-0.4, -0.2) is 174 Å². The molecule has 4 heterocycles. The zero-order chi connectivity index (χ0) is 70.6. The van der Waals surface area contributed by atoms with E-state index in [9.17, 15) is 28.8 Å². The third kappa shape index (κ3) is 26.5. The highest BCUT2D eigenvalue weighted by Crippen LogP contribution is 2.35. The topological polar surface area (TPSA) is 177 Å². The Balaban J connectivity index is 1.39. The van der Waals surface area contributed by atoms with Gasteiger partial charge in [-0.05, 0) is 197 Å². The van der Waals surface area contributed by atoms with Gasteiger partial charge in [-0.25, -0.2) is 0 Å². The van der Waals surface area contributed by atoms with Gasteiger partial charge in [0.15, 0.2) is 0 Å². The Labute approximate surface area is 576 Å². The molecule has 0 saturated heterocycles. The zero-order valence-electron chi connectivity index (χ0n) is 61.9. The molecule has 3 aromatic carbocycles. The molecule has 0 unspecified atom stereocenters. The second kappa shape index (κ2) is 33.4. The number of carbonyl (C=O) groups excluding carboxylic acids is 6. The molecule has 10 rings (SSSR count). The summed E-state index contributed by atoms with van der Waals surface area (Å²) in [7, 11) is 0. The van der Waals surface area contributed by atoms with Gasteiger partial charge >= 0.3 is 35.8 Å². The SMILES string of the molecule is CC(C)(C)OC(=O)CN1Cc2ccc(cc2)CN(CC(=O)OC(C)(C)C)[C@@H]2CCCC[C@H]2N(CC(=O)OC(C)(C)C)Cc2ccc(cc2)CN(CC(=O)OC(C)(C)C)[C@@H]2CCCC[C@H]2N(CC(=O)OC(C)(C)C)Cc2ccc(cc2)CN(CC(=O)OC(C)(C)C)[C@@H]2CCCC[C@H]21. The summed E-state index contributed by atoms with van der Waals surface area (Å²) in [6.07, 6.45) is 10.4. The quantitative estimate of drug-likeness (QED) is 0.123. The van der Waals surface area contributed by atoms with E-state index in [1.54, 1.807) is 0 Å². The van der Waals surface area contributed by atoms with Crippen molar-refractivity contribution < 1.29 is 57.2 Å². The number of esters is 6. The normalized spacial score (nSPS) is 22.8. The number of carbonyl (C=O) groups is 6. The van der Waals surface area contributed by atoms with Crippen molar-refractivity contribution in [2.24, 2.45) is 0 Å². The van der Waals surface area contributed by atoms with Crippen LogP contribution < -0.4 is 0 Å². The van der Waals surface area contributed by atoms with Crippen LogP contribution in [0.1, 0.15) is 235 Å². The summed E-state index contributed by atoms with van der Waals surface area (Å²) in [6.45, 7) is 36.7. The molecule has 3 fully saturated rings. The highest BCUT2D eigenvalue weighted by Gasteiger charge is 2.42. The van der Waals surface area contributed by atoms with E-state index in [-0.39, 0.29) is 111 Å². The lowest BCUT2D eigenvalue weighted by Gasteiger charge is -2.45. The van der Waals surface area contributed by atoms with Gasteiger partial charge in [-0.3, -0.25) is 58.2 Å². The lowest BCUT2D eigenvalue weighted by molar-refractivity contribution is -0.160. The second-order valence-corrected chi connectivity index (χ2v) is 33.7. The van der Waals surface area contributed by atoms with Crippen molar-refractivity contribution in [2.75, 3.05) is 39.3 Å². The fourth-order valence-corrected chi connectivity index (χ4v) is 14.5. The van der Waals surface area contributed by atoms with E-state index in [4.69, 9.17) is 28.4 Å². The number of fused-ring (bicyclic) bond motifs is 3. The van der Waals surface area contributed by atoms with E-state index in [1.165, 1.54) is 0 Å². The van der Waals surface area contributed by atoms with E-state index in [1.807, 2.05) is 125 Å². The molecular formula is C78H120N6O12. The Morgan fingerprint density at radius 3 is 0.469 bits per heavy atom. The third-order valence-electron chi connectivity index (χ3n) is 17.8. The third-order valence-corrected chi connectivity index (χ3v) is 17.8. The summed E-state index contributed by atoms with van der Waals surface area (Å²) in [5.41, 5.74) is 1.71. The average molecular weight is 1330 g/mol. The van der Waals surface area contributed by atoms with Crippen molar-refractivity contribution in [3.05, 3.63) is 106 Å². The number of hydrogen-bond donors (Lipinski definition) is 0. The number of nitrogens with zero attached hydrogens (tertiary/aromatic N) is 6. The molecule has 4 aliphatic heterocycles. The molecule has 0 amide bonds.